The number of nitrogens with zero attached hydrogens (tertiary/aromatic N) is 3. The van der Waals surface area contributed by atoms with Gasteiger partial charge in [-0.05, 0) is 19.1 Å². The van der Waals surface area contributed by atoms with E-state index in [-0.39, 0.29) is 6.61 Å². The molecule has 4 aromatic rings. The molecule has 156 valence electrons. The van der Waals surface area contributed by atoms with E-state index in [4.69, 9.17) is 33.0 Å². The number of pyridine rings is 1. The molecule has 0 amide bonds. The second kappa shape index (κ2) is 9.20. The predicted octanol–water partition coefficient (Wildman–Crippen LogP) is 6.16. The van der Waals surface area contributed by atoms with E-state index in [1.165, 1.54) is 12.4 Å². The van der Waals surface area contributed by atoms with Gasteiger partial charge in [0.15, 0.2) is 0 Å². The molecule has 0 saturated carbocycles. The molecule has 0 unspecified atom stereocenters. The van der Waals surface area contributed by atoms with Gasteiger partial charge in [-0.25, -0.2) is 9.48 Å². The second-order valence-corrected chi connectivity index (χ2v) is 7.35. The number of hydrogen-bond donors (Lipinski definition) is 1. The Morgan fingerprint density at radius 3 is 2.42 bits per heavy atom. The topological polar surface area (TPSA) is 69.0 Å². The number of halogens is 2. The van der Waals surface area contributed by atoms with Crippen molar-refractivity contribution in [3.05, 3.63) is 88.7 Å². The molecule has 0 atom stereocenters. The lowest BCUT2D eigenvalue weighted by molar-refractivity contribution is 0.0527. The molecule has 0 aliphatic carbocycles. The SMILES string of the molecule is CCOC(=O)c1ccccc1Nc1cc(-c2ccccc2)nn1-c1c(Cl)cncc1Cl. The van der Waals surface area contributed by atoms with Crippen LogP contribution < -0.4 is 5.32 Å². The lowest BCUT2D eigenvalue weighted by Crippen LogP contribution is -2.10. The average molecular weight is 453 g/mol. The summed E-state index contributed by atoms with van der Waals surface area (Å²) in [6.07, 6.45) is 3.01. The minimum Gasteiger partial charge on any atom is -0.462 e. The first-order chi connectivity index (χ1) is 15.1. The number of carbonyl (C=O) groups excluding carboxylic acids is 1. The van der Waals surface area contributed by atoms with Crippen LogP contribution in [-0.4, -0.2) is 27.3 Å². The predicted molar refractivity (Wildman–Crippen MR) is 122 cm³/mol. The molecule has 0 saturated heterocycles. The number of para-hydroxylation sites is 1. The molecule has 6 nitrogen and oxygen atoms in total. The smallest absolute Gasteiger partial charge is 0.340 e. The van der Waals surface area contributed by atoms with Gasteiger partial charge in [-0.3, -0.25) is 4.98 Å². The quantitative estimate of drug-likeness (QED) is 0.354. The summed E-state index contributed by atoms with van der Waals surface area (Å²) in [7, 11) is 0. The minimum atomic E-state index is -0.417. The number of anilines is 2. The Balaban J connectivity index is 1.85. The van der Waals surface area contributed by atoms with Gasteiger partial charge in [0.05, 0.1) is 33.6 Å². The van der Waals surface area contributed by atoms with Crippen LogP contribution in [0.1, 0.15) is 17.3 Å². The average Bonchev–Trinajstić information content (AvgIpc) is 3.18. The molecule has 2 heterocycles. The fourth-order valence-corrected chi connectivity index (χ4v) is 3.64. The minimum absolute atomic E-state index is 0.283. The lowest BCUT2D eigenvalue weighted by Gasteiger charge is -2.14. The number of ether oxygens (including phenoxy) is 1. The summed E-state index contributed by atoms with van der Waals surface area (Å²) >= 11 is 12.8. The first kappa shape index (κ1) is 20.9. The second-order valence-electron chi connectivity index (χ2n) is 6.54. The summed E-state index contributed by atoms with van der Waals surface area (Å²) in [5, 5.41) is 8.69. The van der Waals surface area contributed by atoms with Crippen molar-refractivity contribution >= 4 is 40.7 Å². The van der Waals surface area contributed by atoms with Gasteiger partial charge < -0.3 is 10.1 Å². The van der Waals surface area contributed by atoms with Crippen molar-refractivity contribution < 1.29 is 9.53 Å². The Morgan fingerprint density at radius 2 is 1.71 bits per heavy atom. The molecule has 0 aliphatic rings. The van der Waals surface area contributed by atoms with Crippen LogP contribution in [0.3, 0.4) is 0 Å². The highest BCUT2D eigenvalue weighted by atomic mass is 35.5. The molecule has 1 N–H and O–H groups in total. The fourth-order valence-electron chi connectivity index (χ4n) is 3.11. The third kappa shape index (κ3) is 4.40. The molecule has 0 spiro atoms. The summed E-state index contributed by atoms with van der Waals surface area (Å²) in [6, 6.07) is 18.7. The van der Waals surface area contributed by atoms with Crippen LogP contribution in [0.25, 0.3) is 16.9 Å². The number of nitrogens with one attached hydrogen (secondary N) is 1. The summed E-state index contributed by atoms with van der Waals surface area (Å²) < 4.78 is 6.79. The molecule has 0 bridgehead atoms. The maximum atomic E-state index is 12.4. The Hall–Kier alpha value is -3.35. The molecule has 0 radical (unpaired) electrons. The Labute approximate surface area is 189 Å². The first-order valence-electron chi connectivity index (χ1n) is 9.56. The zero-order chi connectivity index (χ0) is 21.8. The summed E-state index contributed by atoms with van der Waals surface area (Å²) in [6.45, 7) is 2.05. The van der Waals surface area contributed by atoms with Crippen LogP contribution in [0.2, 0.25) is 10.0 Å². The number of rotatable bonds is 6. The standard InChI is InChI=1S/C23H18Cl2N4O2/c1-2-31-23(30)16-10-6-7-11-19(16)27-21-12-20(15-8-4-3-5-9-15)28-29(21)22-17(24)13-26-14-18(22)25/h3-14,27H,2H2,1H3. The van der Waals surface area contributed by atoms with Crippen LogP contribution in [0, 0.1) is 0 Å². The Kier molecular flexibility index (Phi) is 6.21. The lowest BCUT2D eigenvalue weighted by atomic mass is 10.1. The van der Waals surface area contributed by atoms with Gasteiger partial charge in [-0.2, -0.15) is 5.10 Å². The number of esters is 1. The van der Waals surface area contributed by atoms with E-state index >= 15 is 0 Å². The van der Waals surface area contributed by atoms with Gasteiger partial charge in [0.25, 0.3) is 0 Å². The summed E-state index contributed by atoms with van der Waals surface area (Å²) in [5.74, 6) is 0.158. The van der Waals surface area contributed by atoms with Crippen molar-refractivity contribution in [2.45, 2.75) is 6.92 Å². The van der Waals surface area contributed by atoms with Crippen molar-refractivity contribution in [3.8, 4) is 16.9 Å². The largest absolute Gasteiger partial charge is 0.462 e. The van der Waals surface area contributed by atoms with E-state index < -0.39 is 5.97 Å². The van der Waals surface area contributed by atoms with Gasteiger partial charge in [0.1, 0.15) is 11.5 Å². The van der Waals surface area contributed by atoms with Crippen molar-refractivity contribution in [1.29, 1.82) is 0 Å². The molecule has 31 heavy (non-hydrogen) atoms. The van der Waals surface area contributed by atoms with E-state index in [0.717, 1.165) is 5.56 Å². The van der Waals surface area contributed by atoms with Crippen LogP contribution in [0.4, 0.5) is 11.5 Å². The highest BCUT2D eigenvalue weighted by Gasteiger charge is 2.19. The van der Waals surface area contributed by atoms with E-state index in [0.29, 0.717) is 38.5 Å². The van der Waals surface area contributed by atoms with E-state index in [2.05, 4.69) is 10.3 Å². The van der Waals surface area contributed by atoms with E-state index in [9.17, 15) is 4.79 Å². The van der Waals surface area contributed by atoms with Gasteiger partial charge in [0, 0.05) is 24.0 Å². The molecular weight excluding hydrogens is 435 g/mol. The van der Waals surface area contributed by atoms with Crippen LogP contribution >= 0.6 is 23.2 Å². The Morgan fingerprint density at radius 1 is 1.03 bits per heavy atom. The molecule has 0 fully saturated rings. The highest BCUT2D eigenvalue weighted by molar-refractivity contribution is 6.37. The number of carbonyl (C=O) groups is 1. The summed E-state index contributed by atoms with van der Waals surface area (Å²) in [5.41, 5.74) is 3.09. The molecule has 2 aromatic heterocycles. The zero-order valence-corrected chi connectivity index (χ0v) is 18.1. The highest BCUT2D eigenvalue weighted by Crippen LogP contribution is 2.34. The number of aromatic nitrogens is 3. The van der Waals surface area contributed by atoms with Gasteiger partial charge in [-0.15, -0.1) is 0 Å². The molecular formula is C23H18Cl2N4O2. The summed E-state index contributed by atoms with van der Waals surface area (Å²) in [4.78, 5) is 16.4. The maximum absolute atomic E-state index is 12.4. The fraction of sp³-hybridized carbons (Fsp3) is 0.0870. The number of benzene rings is 2. The monoisotopic (exact) mass is 452 g/mol. The third-order valence-electron chi connectivity index (χ3n) is 4.50. The van der Waals surface area contributed by atoms with Gasteiger partial charge >= 0.3 is 5.97 Å². The molecule has 2 aromatic carbocycles. The number of hydrogen-bond acceptors (Lipinski definition) is 5. The zero-order valence-electron chi connectivity index (χ0n) is 16.5. The molecule has 0 aliphatic heterocycles. The van der Waals surface area contributed by atoms with Crippen molar-refractivity contribution in [1.82, 2.24) is 14.8 Å². The van der Waals surface area contributed by atoms with Crippen LogP contribution in [0.15, 0.2) is 73.1 Å². The van der Waals surface area contributed by atoms with Crippen LogP contribution in [-0.2, 0) is 4.74 Å². The maximum Gasteiger partial charge on any atom is 0.340 e. The van der Waals surface area contributed by atoms with Crippen molar-refractivity contribution in [2.24, 2.45) is 0 Å². The third-order valence-corrected chi connectivity index (χ3v) is 5.06. The van der Waals surface area contributed by atoms with E-state index in [1.54, 1.807) is 29.8 Å². The molecule has 8 heteroatoms. The van der Waals surface area contributed by atoms with E-state index in [1.807, 2.05) is 42.5 Å². The molecule has 4 rings (SSSR count). The Bertz CT molecular complexity index is 1210. The van der Waals surface area contributed by atoms with Gasteiger partial charge in [0.2, 0.25) is 0 Å². The van der Waals surface area contributed by atoms with Crippen LogP contribution in [0.5, 0.6) is 0 Å². The van der Waals surface area contributed by atoms with Gasteiger partial charge in [-0.1, -0.05) is 65.7 Å². The van der Waals surface area contributed by atoms with Crippen molar-refractivity contribution in [2.75, 3.05) is 11.9 Å². The normalized spacial score (nSPS) is 10.7. The van der Waals surface area contributed by atoms with Crippen molar-refractivity contribution in [3.63, 3.8) is 0 Å². The first-order valence-corrected chi connectivity index (χ1v) is 10.3.